The maximum absolute atomic E-state index is 11.2. The number of benzene rings is 1. The van der Waals surface area contributed by atoms with E-state index in [4.69, 9.17) is 11.5 Å². The zero-order valence-corrected chi connectivity index (χ0v) is 10.8. The molecule has 0 unspecified atom stereocenters. The molecule has 6 nitrogen and oxygen atoms in total. The minimum absolute atomic E-state index is 0.333. The van der Waals surface area contributed by atoms with Crippen LogP contribution in [0.1, 0.15) is 15.9 Å². The van der Waals surface area contributed by atoms with Crippen molar-refractivity contribution in [2.45, 2.75) is 13.5 Å². The molecule has 1 amide bonds. The third-order valence-electron chi connectivity index (χ3n) is 2.79. The molecule has 0 atom stereocenters. The van der Waals surface area contributed by atoms with E-state index in [0.717, 1.165) is 5.56 Å². The first-order chi connectivity index (χ1) is 9.08. The molecule has 0 saturated carbocycles. The van der Waals surface area contributed by atoms with Gasteiger partial charge in [-0.15, -0.1) is 0 Å². The third kappa shape index (κ3) is 3.04. The Kier molecular flexibility index (Phi) is 3.70. The number of carbonyl (C=O) groups excluding carboxylic acids is 1. The van der Waals surface area contributed by atoms with Crippen LogP contribution in [-0.4, -0.2) is 22.2 Å². The maximum atomic E-state index is 11.2. The molecule has 0 radical (unpaired) electrons. The number of carbonyl (C=O) groups is 1. The summed E-state index contributed by atoms with van der Waals surface area (Å²) in [6.07, 6.45) is 3.77. The number of nitrogens with two attached hydrogens (primary N) is 2. The van der Waals surface area contributed by atoms with Crippen LogP contribution in [0.4, 0.5) is 11.4 Å². The van der Waals surface area contributed by atoms with Crippen LogP contribution in [0.15, 0.2) is 30.6 Å². The number of primary amides is 1. The van der Waals surface area contributed by atoms with Crippen molar-refractivity contribution in [3.05, 3.63) is 41.7 Å². The number of nitrogens with one attached hydrogen (secondary N) is 1. The number of rotatable bonds is 5. The largest absolute Gasteiger partial charge is 0.396 e. The minimum Gasteiger partial charge on any atom is -0.396 e. The zero-order chi connectivity index (χ0) is 13.8. The van der Waals surface area contributed by atoms with Crippen LogP contribution in [0.25, 0.3) is 0 Å². The molecule has 0 aliphatic carbocycles. The van der Waals surface area contributed by atoms with Crippen molar-refractivity contribution in [2.75, 3.05) is 17.6 Å². The van der Waals surface area contributed by atoms with E-state index < -0.39 is 5.91 Å². The van der Waals surface area contributed by atoms with E-state index in [2.05, 4.69) is 10.4 Å². The van der Waals surface area contributed by atoms with Crippen LogP contribution in [-0.2, 0) is 6.54 Å². The van der Waals surface area contributed by atoms with Crippen molar-refractivity contribution < 1.29 is 4.79 Å². The summed E-state index contributed by atoms with van der Waals surface area (Å²) in [5.41, 5.74) is 13.7. The van der Waals surface area contributed by atoms with E-state index in [1.165, 1.54) is 0 Å². The molecule has 5 N–H and O–H groups in total. The number of amides is 1. The number of nitrogen functional groups attached to an aromatic ring is 1. The lowest BCUT2D eigenvalue weighted by Gasteiger charge is -2.11. The van der Waals surface area contributed by atoms with Gasteiger partial charge in [0, 0.05) is 12.7 Å². The highest BCUT2D eigenvalue weighted by molar-refractivity contribution is 6.00. The number of anilines is 2. The summed E-state index contributed by atoms with van der Waals surface area (Å²) < 4.78 is 1.84. The molecule has 0 saturated heterocycles. The van der Waals surface area contributed by atoms with Crippen molar-refractivity contribution in [3.8, 4) is 0 Å². The second kappa shape index (κ2) is 5.43. The van der Waals surface area contributed by atoms with E-state index >= 15 is 0 Å². The molecule has 1 aromatic heterocycles. The highest BCUT2D eigenvalue weighted by Gasteiger charge is 2.08. The lowest BCUT2D eigenvalue weighted by Crippen LogP contribution is -2.16. The average Bonchev–Trinajstić information content (AvgIpc) is 2.77. The molecule has 0 fully saturated rings. The van der Waals surface area contributed by atoms with Crippen LogP contribution < -0.4 is 16.8 Å². The Morgan fingerprint density at radius 3 is 2.89 bits per heavy atom. The fourth-order valence-corrected chi connectivity index (χ4v) is 1.83. The first kappa shape index (κ1) is 12.9. The van der Waals surface area contributed by atoms with Gasteiger partial charge in [0.1, 0.15) is 0 Å². The van der Waals surface area contributed by atoms with Crippen molar-refractivity contribution in [2.24, 2.45) is 5.73 Å². The number of hydrogen-bond acceptors (Lipinski definition) is 4. The van der Waals surface area contributed by atoms with E-state index in [-0.39, 0.29) is 0 Å². The van der Waals surface area contributed by atoms with Crippen LogP contribution in [0, 0.1) is 6.92 Å². The molecule has 0 aliphatic rings. The Morgan fingerprint density at radius 2 is 2.26 bits per heavy atom. The lowest BCUT2D eigenvalue weighted by atomic mass is 10.1. The molecule has 2 aromatic rings. The Labute approximate surface area is 111 Å². The second-order valence-electron chi connectivity index (χ2n) is 4.34. The minimum atomic E-state index is -0.524. The number of aromatic nitrogens is 2. The summed E-state index contributed by atoms with van der Waals surface area (Å²) >= 11 is 0. The zero-order valence-electron chi connectivity index (χ0n) is 10.8. The molecule has 19 heavy (non-hydrogen) atoms. The molecular formula is C13H17N5O. The van der Waals surface area contributed by atoms with Gasteiger partial charge in [-0.25, -0.2) is 0 Å². The highest BCUT2D eigenvalue weighted by Crippen LogP contribution is 2.22. The van der Waals surface area contributed by atoms with Gasteiger partial charge in [-0.1, -0.05) is 6.07 Å². The topological polar surface area (TPSA) is 99.0 Å². The molecule has 2 rings (SSSR count). The molecule has 0 spiro atoms. The van der Waals surface area contributed by atoms with Gasteiger partial charge in [0.25, 0.3) is 5.91 Å². The summed E-state index contributed by atoms with van der Waals surface area (Å²) in [5, 5.41) is 7.36. The fourth-order valence-electron chi connectivity index (χ4n) is 1.83. The highest BCUT2D eigenvalue weighted by atomic mass is 16.1. The number of hydrogen-bond donors (Lipinski definition) is 3. The summed E-state index contributed by atoms with van der Waals surface area (Å²) in [4.78, 5) is 11.2. The normalized spacial score (nSPS) is 10.4. The van der Waals surface area contributed by atoms with Gasteiger partial charge < -0.3 is 16.8 Å². The Balaban J connectivity index is 2.00. The van der Waals surface area contributed by atoms with Crippen molar-refractivity contribution in [3.63, 3.8) is 0 Å². The summed E-state index contributed by atoms with van der Waals surface area (Å²) in [6, 6.07) is 5.17. The first-order valence-electron chi connectivity index (χ1n) is 5.99. The Morgan fingerprint density at radius 1 is 1.47 bits per heavy atom. The maximum Gasteiger partial charge on any atom is 0.250 e. The van der Waals surface area contributed by atoms with Gasteiger partial charge in [0.2, 0.25) is 0 Å². The van der Waals surface area contributed by atoms with Gasteiger partial charge >= 0.3 is 0 Å². The van der Waals surface area contributed by atoms with Crippen molar-refractivity contribution >= 4 is 17.3 Å². The third-order valence-corrected chi connectivity index (χ3v) is 2.79. The molecule has 1 heterocycles. The van der Waals surface area contributed by atoms with E-state index in [1.807, 2.05) is 30.1 Å². The van der Waals surface area contributed by atoms with E-state index in [9.17, 15) is 4.79 Å². The summed E-state index contributed by atoms with van der Waals surface area (Å²) in [6.45, 7) is 3.37. The van der Waals surface area contributed by atoms with Crippen LogP contribution in [0.5, 0.6) is 0 Å². The molecule has 6 heteroatoms. The summed E-state index contributed by atoms with van der Waals surface area (Å²) in [5.74, 6) is -0.524. The van der Waals surface area contributed by atoms with Crippen LogP contribution >= 0.6 is 0 Å². The van der Waals surface area contributed by atoms with Gasteiger partial charge in [-0.3, -0.25) is 9.48 Å². The average molecular weight is 259 g/mol. The standard InChI is InChI=1S/C13H17N5O/c1-9-7-17-18(8-9)6-5-16-11-4-2-3-10(12(11)14)13(15)19/h2-4,7-8,16H,5-6,14H2,1H3,(H2,15,19). The molecule has 1 aromatic carbocycles. The van der Waals surface area contributed by atoms with E-state index in [1.54, 1.807) is 12.1 Å². The van der Waals surface area contributed by atoms with Crippen LogP contribution in [0.3, 0.4) is 0 Å². The van der Waals surface area contributed by atoms with Gasteiger partial charge in [0.05, 0.1) is 29.7 Å². The first-order valence-corrected chi connectivity index (χ1v) is 5.99. The number of aryl methyl sites for hydroxylation is 1. The monoisotopic (exact) mass is 259 g/mol. The second-order valence-corrected chi connectivity index (χ2v) is 4.34. The molecule has 100 valence electrons. The molecule has 0 aliphatic heterocycles. The lowest BCUT2D eigenvalue weighted by molar-refractivity contribution is 0.100. The van der Waals surface area contributed by atoms with Crippen molar-refractivity contribution in [1.82, 2.24) is 9.78 Å². The number of nitrogens with zero attached hydrogens (tertiary/aromatic N) is 2. The van der Waals surface area contributed by atoms with Gasteiger partial charge in [-0.2, -0.15) is 5.10 Å². The number of para-hydroxylation sites is 1. The fraction of sp³-hybridized carbons (Fsp3) is 0.231. The smallest absolute Gasteiger partial charge is 0.250 e. The summed E-state index contributed by atoms with van der Waals surface area (Å²) in [7, 11) is 0. The van der Waals surface area contributed by atoms with Crippen LogP contribution in [0.2, 0.25) is 0 Å². The Hall–Kier alpha value is -2.50. The predicted molar refractivity (Wildman–Crippen MR) is 74.8 cm³/mol. The molecule has 0 bridgehead atoms. The van der Waals surface area contributed by atoms with E-state index in [0.29, 0.717) is 30.0 Å². The predicted octanol–water partition coefficient (Wildman–Crippen LogP) is 0.985. The SMILES string of the molecule is Cc1cnn(CCNc2cccc(C(N)=O)c2N)c1. The van der Waals surface area contributed by atoms with Crippen molar-refractivity contribution in [1.29, 1.82) is 0 Å². The molecular weight excluding hydrogens is 242 g/mol. The quantitative estimate of drug-likeness (QED) is 0.697. The Bertz CT molecular complexity index is 590. The van der Waals surface area contributed by atoms with Gasteiger partial charge in [0.15, 0.2) is 0 Å². The van der Waals surface area contributed by atoms with Gasteiger partial charge in [-0.05, 0) is 24.6 Å².